The molecule has 0 atom stereocenters. The van der Waals surface area contributed by atoms with Gasteiger partial charge in [-0.3, -0.25) is 0 Å². The first-order valence-electron chi connectivity index (χ1n) is 4.61. The van der Waals surface area contributed by atoms with Gasteiger partial charge < -0.3 is 10.5 Å². The molecule has 16 heavy (non-hydrogen) atoms. The minimum atomic E-state index is -0.891. The van der Waals surface area contributed by atoms with Gasteiger partial charge in [-0.15, -0.1) is 0 Å². The molecule has 5 nitrogen and oxygen atoms in total. The molecule has 0 bridgehead atoms. The summed E-state index contributed by atoms with van der Waals surface area (Å²) in [6.07, 6.45) is 0.617. The van der Waals surface area contributed by atoms with Gasteiger partial charge in [0.1, 0.15) is 0 Å². The number of hydrogen-bond donors (Lipinski definition) is 1. The third-order valence-electron chi connectivity index (χ3n) is 1.87. The van der Waals surface area contributed by atoms with Crippen molar-refractivity contribution in [3.8, 4) is 17.3 Å². The van der Waals surface area contributed by atoms with Crippen molar-refractivity contribution in [2.45, 2.75) is 0 Å². The maximum atomic E-state index is 10.6. The van der Waals surface area contributed by atoms with E-state index in [0.717, 1.165) is 5.56 Å². The minimum Gasteiger partial charge on any atom is -0.391 e. The fourth-order valence-electron chi connectivity index (χ4n) is 1.23. The number of nitrogens with two attached hydrogens (primary N) is 1. The number of aromatic nitrogens is 2. The Kier molecular flexibility index (Phi) is 2.77. The number of nitrogens with zero attached hydrogens (tertiary/aromatic N) is 2. The number of carbonyl (C=O) groups is 1. The van der Waals surface area contributed by atoms with Crippen LogP contribution in [0.2, 0.25) is 0 Å². The second-order valence-corrected chi connectivity index (χ2v) is 3.01. The van der Waals surface area contributed by atoms with E-state index in [-0.39, 0.29) is 5.88 Å². The molecular weight excluding hydrogens is 206 g/mol. The Morgan fingerprint density at radius 2 is 1.94 bits per heavy atom. The lowest BCUT2D eigenvalue weighted by molar-refractivity contribution is 0.209. The molecule has 0 unspecified atom stereocenters. The standard InChI is InChI=1S/C11H9N3O2/c12-11(15)16-9-6-7-13-10(14-9)8-4-2-1-3-5-8/h1-7H,(H2,12,15). The van der Waals surface area contributed by atoms with Gasteiger partial charge >= 0.3 is 6.09 Å². The Hall–Kier alpha value is -2.43. The fourth-order valence-corrected chi connectivity index (χ4v) is 1.23. The second kappa shape index (κ2) is 4.39. The molecule has 2 aromatic rings. The number of primary amides is 1. The fraction of sp³-hybridized carbons (Fsp3) is 0. The molecule has 5 heteroatoms. The zero-order valence-electron chi connectivity index (χ0n) is 8.33. The summed E-state index contributed by atoms with van der Waals surface area (Å²) in [5.41, 5.74) is 5.74. The van der Waals surface area contributed by atoms with Gasteiger partial charge in [-0.2, -0.15) is 4.98 Å². The monoisotopic (exact) mass is 215 g/mol. The van der Waals surface area contributed by atoms with E-state index in [1.165, 1.54) is 12.3 Å². The molecule has 1 aromatic carbocycles. The molecule has 1 aromatic heterocycles. The molecule has 0 aliphatic carbocycles. The molecule has 0 saturated carbocycles. The van der Waals surface area contributed by atoms with Crippen molar-refractivity contribution in [2.24, 2.45) is 5.73 Å². The molecule has 0 spiro atoms. The van der Waals surface area contributed by atoms with Gasteiger partial charge in [0.2, 0.25) is 5.88 Å². The molecule has 0 aliphatic rings. The number of ether oxygens (including phenoxy) is 1. The number of benzene rings is 1. The van der Waals surface area contributed by atoms with Crippen LogP contribution < -0.4 is 10.5 Å². The van der Waals surface area contributed by atoms with Crippen LogP contribution in [0.3, 0.4) is 0 Å². The largest absolute Gasteiger partial charge is 0.411 e. The van der Waals surface area contributed by atoms with E-state index in [1.807, 2.05) is 30.3 Å². The highest BCUT2D eigenvalue weighted by Gasteiger charge is 2.04. The molecule has 1 heterocycles. The second-order valence-electron chi connectivity index (χ2n) is 3.01. The van der Waals surface area contributed by atoms with Gasteiger partial charge in [0.25, 0.3) is 0 Å². The smallest absolute Gasteiger partial charge is 0.391 e. The van der Waals surface area contributed by atoms with Crippen LogP contribution in [0.25, 0.3) is 11.4 Å². The SMILES string of the molecule is NC(=O)Oc1ccnc(-c2ccccc2)n1. The first kappa shape index (κ1) is 10.1. The van der Waals surface area contributed by atoms with Crippen molar-refractivity contribution < 1.29 is 9.53 Å². The molecule has 0 aliphatic heterocycles. The normalized spacial score (nSPS) is 9.75. The lowest BCUT2D eigenvalue weighted by atomic mass is 10.2. The van der Waals surface area contributed by atoms with Crippen LogP contribution >= 0.6 is 0 Å². The van der Waals surface area contributed by atoms with Crippen molar-refractivity contribution in [1.82, 2.24) is 9.97 Å². The van der Waals surface area contributed by atoms with E-state index < -0.39 is 6.09 Å². The summed E-state index contributed by atoms with van der Waals surface area (Å²) in [6, 6.07) is 10.8. The Balaban J connectivity index is 2.33. The molecule has 80 valence electrons. The number of rotatable bonds is 2. The van der Waals surface area contributed by atoms with Gasteiger partial charge in [0.05, 0.1) is 0 Å². The zero-order valence-corrected chi connectivity index (χ0v) is 8.33. The summed E-state index contributed by atoms with van der Waals surface area (Å²) in [4.78, 5) is 18.7. The predicted octanol–water partition coefficient (Wildman–Crippen LogP) is 1.60. The number of amides is 1. The molecule has 0 saturated heterocycles. The van der Waals surface area contributed by atoms with Crippen LogP contribution in [0.4, 0.5) is 4.79 Å². The van der Waals surface area contributed by atoms with Crippen LogP contribution in [0, 0.1) is 0 Å². The highest BCUT2D eigenvalue weighted by atomic mass is 16.6. The third kappa shape index (κ3) is 2.33. The maximum Gasteiger partial charge on any atom is 0.411 e. The van der Waals surface area contributed by atoms with Gasteiger partial charge in [-0.1, -0.05) is 30.3 Å². The van der Waals surface area contributed by atoms with Crippen LogP contribution in [-0.2, 0) is 0 Å². The quantitative estimate of drug-likeness (QED) is 0.825. The van der Waals surface area contributed by atoms with E-state index in [2.05, 4.69) is 14.7 Å². The molecule has 0 radical (unpaired) electrons. The van der Waals surface area contributed by atoms with Crippen molar-refractivity contribution in [2.75, 3.05) is 0 Å². The van der Waals surface area contributed by atoms with E-state index in [0.29, 0.717) is 5.82 Å². The van der Waals surface area contributed by atoms with Crippen LogP contribution in [-0.4, -0.2) is 16.1 Å². The Morgan fingerprint density at radius 1 is 1.19 bits per heavy atom. The third-order valence-corrected chi connectivity index (χ3v) is 1.87. The lowest BCUT2D eigenvalue weighted by Crippen LogP contribution is -2.17. The summed E-state index contributed by atoms with van der Waals surface area (Å²) < 4.78 is 4.66. The lowest BCUT2D eigenvalue weighted by Gasteiger charge is -2.02. The van der Waals surface area contributed by atoms with Gasteiger partial charge in [0.15, 0.2) is 5.82 Å². The first-order valence-corrected chi connectivity index (χ1v) is 4.61. The van der Waals surface area contributed by atoms with E-state index in [4.69, 9.17) is 5.73 Å². The first-order chi connectivity index (χ1) is 7.75. The predicted molar refractivity (Wildman–Crippen MR) is 57.7 cm³/mol. The van der Waals surface area contributed by atoms with E-state index in [1.54, 1.807) is 0 Å². The van der Waals surface area contributed by atoms with Crippen LogP contribution in [0.15, 0.2) is 42.6 Å². The van der Waals surface area contributed by atoms with Crippen molar-refractivity contribution in [3.63, 3.8) is 0 Å². The van der Waals surface area contributed by atoms with Gasteiger partial charge in [-0.25, -0.2) is 9.78 Å². The number of carbonyl (C=O) groups excluding carboxylic acids is 1. The van der Waals surface area contributed by atoms with Gasteiger partial charge in [-0.05, 0) is 0 Å². The topological polar surface area (TPSA) is 78.1 Å². The van der Waals surface area contributed by atoms with E-state index >= 15 is 0 Å². The average Bonchev–Trinajstić information content (AvgIpc) is 2.30. The van der Waals surface area contributed by atoms with Crippen molar-refractivity contribution in [3.05, 3.63) is 42.6 Å². The highest BCUT2D eigenvalue weighted by Crippen LogP contribution is 2.16. The van der Waals surface area contributed by atoms with Crippen molar-refractivity contribution >= 4 is 6.09 Å². The zero-order chi connectivity index (χ0) is 11.4. The van der Waals surface area contributed by atoms with Gasteiger partial charge in [0, 0.05) is 17.8 Å². The van der Waals surface area contributed by atoms with Crippen LogP contribution in [0.1, 0.15) is 0 Å². The molecule has 0 fully saturated rings. The van der Waals surface area contributed by atoms with Crippen molar-refractivity contribution in [1.29, 1.82) is 0 Å². The number of hydrogen-bond acceptors (Lipinski definition) is 4. The summed E-state index contributed by atoms with van der Waals surface area (Å²) >= 11 is 0. The average molecular weight is 215 g/mol. The maximum absolute atomic E-state index is 10.6. The Labute approximate surface area is 91.9 Å². The molecule has 1 amide bonds. The molecule has 2 N–H and O–H groups in total. The molecular formula is C11H9N3O2. The van der Waals surface area contributed by atoms with Crippen LogP contribution in [0.5, 0.6) is 5.88 Å². The summed E-state index contributed by atoms with van der Waals surface area (Å²) in [5.74, 6) is 0.626. The minimum absolute atomic E-state index is 0.140. The van der Waals surface area contributed by atoms with E-state index in [9.17, 15) is 4.79 Å². The highest BCUT2D eigenvalue weighted by molar-refractivity contribution is 5.67. The molecule has 2 rings (SSSR count). The Morgan fingerprint density at radius 3 is 2.62 bits per heavy atom. The summed E-state index contributed by atoms with van der Waals surface area (Å²) in [7, 11) is 0. The summed E-state index contributed by atoms with van der Waals surface area (Å²) in [5, 5.41) is 0. The Bertz CT molecular complexity index is 500. The summed E-state index contributed by atoms with van der Waals surface area (Å²) in [6.45, 7) is 0.